The fourth-order valence-corrected chi connectivity index (χ4v) is 3.61. The van der Waals surface area contributed by atoms with Crippen LogP contribution in [-0.2, 0) is 0 Å². The molecule has 1 aromatic heterocycles. The Bertz CT molecular complexity index is 1250. The summed E-state index contributed by atoms with van der Waals surface area (Å²) in [5, 5.41) is 10.3. The molecule has 2 aromatic carbocycles. The number of nitriles is 1. The zero-order chi connectivity index (χ0) is 19.3. The number of hydrogen-bond donors (Lipinski definition) is 1. The second kappa shape index (κ2) is 5.99. The minimum Gasteiger partial charge on any atom is -0.383 e. The Hall–Kier alpha value is -3.59. The molecule has 0 amide bonds. The Morgan fingerprint density at radius 1 is 1.00 bits per heavy atom. The molecule has 2 heterocycles. The summed E-state index contributed by atoms with van der Waals surface area (Å²) in [6, 6.07) is 15.7. The van der Waals surface area contributed by atoms with Gasteiger partial charge in [0.05, 0.1) is 10.8 Å². The average molecular weight is 358 g/mol. The van der Waals surface area contributed by atoms with Gasteiger partial charge in [0, 0.05) is 0 Å². The maximum Gasteiger partial charge on any atom is 0.279 e. The van der Waals surface area contributed by atoms with Crippen molar-refractivity contribution in [2.45, 2.75) is 25.8 Å². The predicted octanol–water partition coefficient (Wildman–Crippen LogP) is 2.54. The van der Waals surface area contributed by atoms with Crippen molar-refractivity contribution < 1.29 is 0 Å². The largest absolute Gasteiger partial charge is 0.383 e. The van der Waals surface area contributed by atoms with Gasteiger partial charge in [-0.3, -0.25) is 9.59 Å². The lowest BCUT2D eigenvalue weighted by Crippen LogP contribution is -2.38. The van der Waals surface area contributed by atoms with E-state index in [0.29, 0.717) is 11.3 Å². The van der Waals surface area contributed by atoms with Crippen LogP contribution in [0.1, 0.15) is 36.9 Å². The normalized spacial score (nSPS) is 16.0. The van der Waals surface area contributed by atoms with Crippen LogP contribution in [0.5, 0.6) is 0 Å². The van der Waals surface area contributed by atoms with Crippen LogP contribution < -0.4 is 16.9 Å². The zero-order valence-corrected chi connectivity index (χ0v) is 15.0. The third-order valence-electron chi connectivity index (χ3n) is 5.07. The summed E-state index contributed by atoms with van der Waals surface area (Å²) in [5.74, 6) is 0.364. The summed E-state index contributed by atoms with van der Waals surface area (Å²) in [4.78, 5) is 26.1. The topological polar surface area (TPSA) is 93.8 Å². The maximum atomic E-state index is 13.2. The molecular weight excluding hydrogens is 340 g/mol. The van der Waals surface area contributed by atoms with E-state index in [2.05, 4.69) is 19.9 Å². The van der Waals surface area contributed by atoms with Crippen LogP contribution in [0.4, 0.5) is 0 Å². The third kappa shape index (κ3) is 2.32. The van der Waals surface area contributed by atoms with Gasteiger partial charge in [0.25, 0.3) is 11.1 Å². The average Bonchev–Trinajstić information content (AvgIpc) is 2.98. The van der Waals surface area contributed by atoms with E-state index in [-0.39, 0.29) is 22.3 Å². The van der Waals surface area contributed by atoms with Crippen molar-refractivity contribution in [2.24, 2.45) is 5.73 Å². The fourth-order valence-electron chi connectivity index (χ4n) is 3.61. The van der Waals surface area contributed by atoms with Crippen LogP contribution in [0.15, 0.2) is 63.7 Å². The molecule has 6 heteroatoms. The molecule has 0 fully saturated rings. The number of allylic oxidation sites excluding steroid dienone is 1. The number of fused-ring (bicyclic) bond motifs is 2. The van der Waals surface area contributed by atoms with Gasteiger partial charge in [-0.15, -0.1) is 0 Å². The molecule has 27 heavy (non-hydrogen) atoms. The summed E-state index contributed by atoms with van der Waals surface area (Å²) in [7, 11) is 0. The van der Waals surface area contributed by atoms with Gasteiger partial charge in [-0.2, -0.15) is 9.94 Å². The summed E-state index contributed by atoms with van der Waals surface area (Å²) in [6.07, 6.45) is 0. The van der Waals surface area contributed by atoms with E-state index in [4.69, 9.17) is 5.73 Å². The maximum absolute atomic E-state index is 13.2. The van der Waals surface area contributed by atoms with Crippen molar-refractivity contribution in [3.05, 3.63) is 85.9 Å². The van der Waals surface area contributed by atoms with Gasteiger partial charge in [0.2, 0.25) is 0 Å². The molecule has 1 unspecified atom stereocenters. The van der Waals surface area contributed by atoms with Gasteiger partial charge in [-0.05, 0) is 29.2 Å². The van der Waals surface area contributed by atoms with E-state index in [1.165, 1.54) is 4.68 Å². The van der Waals surface area contributed by atoms with Crippen LogP contribution in [0.2, 0.25) is 0 Å². The first-order valence-corrected chi connectivity index (χ1v) is 8.72. The molecule has 6 nitrogen and oxygen atoms in total. The molecule has 3 aromatic rings. The van der Waals surface area contributed by atoms with E-state index in [1.54, 1.807) is 24.3 Å². The van der Waals surface area contributed by atoms with Crippen molar-refractivity contribution in [3.63, 3.8) is 0 Å². The molecule has 0 bridgehead atoms. The molecule has 1 aliphatic rings. The molecule has 134 valence electrons. The number of rotatable bonds is 2. The van der Waals surface area contributed by atoms with Crippen molar-refractivity contribution in [3.8, 4) is 6.07 Å². The van der Waals surface area contributed by atoms with E-state index < -0.39 is 11.6 Å². The van der Waals surface area contributed by atoms with Crippen LogP contribution in [0.25, 0.3) is 16.6 Å². The molecule has 0 saturated carbocycles. The zero-order valence-electron chi connectivity index (χ0n) is 15.0. The van der Waals surface area contributed by atoms with E-state index >= 15 is 0 Å². The highest BCUT2D eigenvalue weighted by Crippen LogP contribution is 2.33. The molecule has 1 aliphatic heterocycles. The molecular formula is C21H18N4O2. The first-order valence-electron chi connectivity index (χ1n) is 8.72. The Labute approximate surface area is 155 Å². The number of aromatic nitrogens is 2. The van der Waals surface area contributed by atoms with Crippen LogP contribution in [0.3, 0.4) is 0 Å². The Balaban J connectivity index is 2.05. The third-order valence-corrected chi connectivity index (χ3v) is 5.07. The lowest BCUT2D eigenvalue weighted by molar-refractivity contribution is 0.539. The van der Waals surface area contributed by atoms with Crippen LogP contribution >= 0.6 is 0 Å². The van der Waals surface area contributed by atoms with E-state index in [0.717, 1.165) is 15.8 Å². The second-order valence-corrected chi connectivity index (χ2v) is 6.95. The van der Waals surface area contributed by atoms with Gasteiger partial charge >= 0.3 is 0 Å². The van der Waals surface area contributed by atoms with Gasteiger partial charge in [0.15, 0.2) is 0 Å². The predicted molar refractivity (Wildman–Crippen MR) is 104 cm³/mol. The Kier molecular flexibility index (Phi) is 3.74. The highest BCUT2D eigenvalue weighted by atomic mass is 16.2. The molecule has 0 radical (unpaired) electrons. The molecule has 0 aliphatic carbocycles. The second-order valence-electron chi connectivity index (χ2n) is 6.95. The fraction of sp³-hybridized carbons (Fsp3) is 0.190. The smallest absolute Gasteiger partial charge is 0.279 e. The molecule has 0 saturated heterocycles. The lowest BCUT2D eigenvalue weighted by atomic mass is 9.96. The van der Waals surface area contributed by atoms with Crippen LogP contribution in [-0.4, -0.2) is 9.36 Å². The minimum absolute atomic E-state index is 0.00305. The quantitative estimate of drug-likeness (QED) is 0.762. The first kappa shape index (κ1) is 16.9. The minimum atomic E-state index is -0.721. The van der Waals surface area contributed by atoms with Crippen molar-refractivity contribution in [1.29, 1.82) is 5.26 Å². The molecule has 0 spiro atoms. The first-order chi connectivity index (χ1) is 13.0. The molecule has 4 rings (SSSR count). The standard InChI is InChI=1S/C21H18N4O2/c1-12(2)13-7-9-14(10-8-13)18-17(11-22)19(23)25-21(27)16-6-4-3-5-15(16)20(26)24(18)25/h3-10,12,18H,23H2,1-2H3. The van der Waals surface area contributed by atoms with Crippen LogP contribution in [0, 0.1) is 11.3 Å². The SMILES string of the molecule is CC(C)c1ccc(C2C(C#N)=C(N)n3c(=O)c4ccccc4c(=O)n32)cc1. The lowest BCUT2D eigenvalue weighted by Gasteiger charge is -2.17. The van der Waals surface area contributed by atoms with Gasteiger partial charge in [0.1, 0.15) is 23.5 Å². The number of nitrogens with two attached hydrogens (primary N) is 1. The van der Waals surface area contributed by atoms with E-state index in [1.807, 2.05) is 24.3 Å². The van der Waals surface area contributed by atoms with Crippen molar-refractivity contribution >= 4 is 16.6 Å². The highest BCUT2D eigenvalue weighted by Gasteiger charge is 2.34. The van der Waals surface area contributed by atoms with E-state index in [9.17, 15) is 14.9 Å². The number of nitrogens with zero attached hydrogens (tertiary/aromatic N) is 3. The highest BCUT2D eigenvalue weighted by molar-refractivity contribution is 5.81. The monoisotopic (exact) mass is 358 g/mol. The number of benzene rings is 2. The molecule has 1 atom stereocenters. The Morgan fingerprint density at radius 3 is 2.15 bits per heavy atom. The summed E-state index contributed by atoms with van der Waals surface area (Å²) in [6.45, 7) is 4.18. The summed E-state index contributed by atoms with van der Waals surface area (Å²) < 4.78 is 2.42. The van der Waals surface area contributed by atoms with Gasteiger partial charge in [-0.25, -0.2) is 4.68 Å². The molecule has 2 N–H and O–H groups in total. The van der Waals surface area contributed by atoms with Crippen molar-refractivity contribution in [2.75, 3.05) is 0 Å². The summed E-state index contributed by atoms with van der Waals surface area (Å²) in [5.41, 5.74) is 7.45. The van der Waals surface area contributed by atoms with Gasteiger partial charge in [-0.1, -0.05) is 50.2 Å². The summed E-state index contributed by atoms with van der Waals surface area (Å²) >= 11 is 0. The Morgan fingerprint density at radius 2 is 1.59 bits per heavy atom. The van der Waals surface area contributed by atoms with Crippen molar-refractivity contribution in [1.82, 2.24) is 9.36 Å². The number of hydrogen-bond acceptors (Lipinski definition) is 4. The van der Waals surface area contributed by atoms with Gasteiger partial charge < -0.3 is 5.73 Å².